The molecule has 1 fully saturated rings. The highest BCUT2D eigenvalue weighted by Crippen LogP contribution is 2.35. The van der Waals surface area contributed by atoms with Gasteiger partial charge in [-0.05, 0) is 44.5 Å². The topological polar surface area (TPSA) is 72.3 Å². The van der Waals surface area contributed by atoms with E-state index >= 15 is 0 Å². The fraction of sp³-hybridized carbons (Fsp3) is 0.643. The van der Waals surface area contributed by atoms with Crippen LogP contribution >= 0.6 is 22.9 Å². The summed E-state index contributed by atoms with van der Waals surface area (Å²) in [5.74, 6) is -0.170. The number of piperidine rings is 1. The van der Waals surface area contributed by atoms with Gasteiger partial charge in [0.25, 0.3) is 0 Å². The van der Waals surface area contributed by atoms with E-state index in [4.69, 9.17) is 23.1 Å². The summed E-state index contributed by atoms with van der Waals surface area (Å²) in [6.45, 7) is 3.83. The van der Waals surface area contributed by atoms with Crippen molar-refractivity contribution in [3.8, 4) is 0 Å². The molecule has 0 spiro atoms. The molecular formula is C14H22ClN3OS. The first-order chi connectivity index (χ1) is 9.52. The zero-order valence-corrected chi connectivity index (χ0v) is 13.3. The van der Waals surface area contributed by atoms with Gasteiger partial charge in [-0.15, -0.1) is 11.3 Å². The number of hydrogen-bond acceptors (Lipinski definition) is 4. The molecule has 0 aliphatic carbocycles. The smallest absolute Gasteiger partial charge is 0.220 e. The van der Waals surface area contributed by atoms with Gasteiger partial charge in [0.2, 0.25) is 5.91 Å². The Hall–Kier alpha value is -0.620. The average Bonchev–Trinajstić information content (AvgIpc) is 2.85. The minimum Gasteiger partial charge on any atom is -0.369 e. The molecule has 0 aromatic carbocycles. The molecule has 0 bridgehead atoms. The Labute approximate surface area is 129 Å². The lowest BCUT2D eigenvalue weighted by Gasteiger charge is -2.39. The van der Waals surface area contributed by atoms with Gasteiger partial charge >= 0.3 is 0 Å². The molecule has 1 aromatic heterocycles. The number of primary amides is 1. The molecule has 1 aliphatic heterocycles. The van der Waals surface area contributed by atoms with E-state index in [1.165, 1.54) is 4.88 Å². The number of nitrogens with zero attached hydrogens (tertiary/aromatic N) is 1. The lowest BCUT2D eigenvalue weighted by Crippen LogP contribution is -2.46. The second kappa shape index (κ2) is 6.89. The molecule has 4 nitrogen and oxygen atoms in total. The molecule has 2 rings (SSSR count). The first kappa shape index (κ1) is 15.8. The van der Waals surface area contributed by atoms with Crippen molar-refractivity contribution in [3.63, 3.8) is 0 Å². The Bertz CT molecular complexity index is 457. The van der Waals surface area contributed by atoms with Crippen LogP contribution in [0.4, 0.5) is 0 Å². The predicted octanol–water partition coefficient (Wildman–Crippen LogP) is 2.38. The van der Waals surface area contributed by atoms with Crippen LogP contribution < -0.4 is 11.5 Å². The number of carbonyl (C=O) groups excluding carboxylic acids is 1. The largest absolute Gasteiger partial charge is 0.369 e. The molecule has 2 atom stereocenters. The van der Waals surface area contributed by atoms with Crippen molar-refractivity contribution in [2.45, 2.75) is 38.3 Å². The van der Waals surface area contributed by atoms with Crippen LogP contribution in [0.15, 0.2) is 12.1 Å². The Morgan fingerprint density at radius 1 is 1.50 bits per heavy atom. The highest BCUT2D eigenvalue weighted by atomic mass is 35.5. The minimum atomic E-state index is -0.180. The monoisotopic (exact) mass is 315 g/mol. The summed E-state index contributed by atoms with van der Waals surface area (Å²) in [6, 6.07) is 4.25. The van der Waals surface area contributed by atoms with Crippen LogP contribution in [-0.2, 0) is 4.79 Å². The van der Waals surface area contributed by atoms with Crippen LogP contribution in [0.1, 0.15) is 37.1 Å². The summed E-state index contributed by atoms with van der Waals surface area (Å²) in [7, 11) is 0. The van der Waals surface area contributed by atoms with Gasteiger partial charge < -0.3 is 11.5 Å². The maximum Gasteiger partial charge on any atom is 0.220 e. The van der Waals surface area contributed by atoms with Crippen molar-refractivity contribution >= 4 is 28.8 Å². The summed E-state index contributed by atoms with van der Waals surface area (Å²) < 4.78 is 0.792. The third-order valence-electron chi connectivity index (χ3n) is 4.09. The lowest BCUT2D eigenvalue weighted by molar-refractivity contribution is -0.123. The number of halogens is 1. The first-order valence-corrected chi connectivity index (χ1v) is 8.26. The number of nitrogens with two attached hydrogens (primary N) is 2. The highest BCUT2D eigenvalue weighted by Gasteiger charge is 2.31. The quantitative estimate of drug-likeness (QED) is 0.876. The number of hydrogen-bond donors (Lipinski definition) is 2. The van der Waals surface area contributed by atoms with E-state index in [0.29, 0.717) is 0 Å². The summed E-state index contributed by atoms with van der Waals surface area (Å²) in [5, 5.41) is 0. The summed E-state index contributed by atoms with van der Waals surface area (Å²) in [6.07, 6.45) is 2.55. The van der Waals surface area contributed by atoms with E-state index in [1.807, 2.05) is 6.07 Å². The standard InChI is InChI=1S/C14H22ClN3OS/c1-2-10(16)13(11-3-4-12(15)20-11)18-7-5-9(6-8-18)14(17)19/h3-4,9-10,13H,2,5-8,16H2,1H3,(H2,17,19). The number of carbonyl (C=O) groups is 1. The summed E-state index contributed by atoms with van der Waals surface area (Å²) >= 11 is 7.65. The van der Waals surface area contributed by atoms with E-state index in [0.717, 1.165) is 36.7 Å². The highest BCUT2D eigenvalue weighted by molar-refractivity contribution is 7.16. The third kappa shape index (κ3) is 3.52. The van der Waals surface area contributed by atoms with Gasteiger partial charge in [0, 0.05) is 16.8 Å². The predicted molar refractivity (Wildman–Crippen MR) is 83.8 cm³/mol. The second-order valence-electron chi connectivity index (χ2n) is 5.37. The van der Waals surface area contributed by atoms with Crippen LogP contribution in [0, 0.1) is 5.92 Å². The molecular weight excluding hydrogens is 294 g/mol. The van der Waals surface area contributed by atoms with Gasteiger partial charge in [0.05, 0.1) is 10.4 Å². The van der Waals surface area contributed by atoms with Gasteiger partial charge in [0.15, 0.2) is 0 Å². The number of likely N-dealkylation sites (tertiary alicyclic amines) is 1. The first-order valence-electron chi connectivity index (χ1n) is 7.07. The normalized spacial score (nSPS) is 20.8. The van der Waals surface area contributed by atoms with Crippen molar-refractivity contribution in [1.29, 1.82) is 0 Å². The van der Waals surface area contributed by atoms with Crippen molar-refractivity contribution in [3.05, 3.63) is 21.3 Å². The van der Waals surface area contributed by atoms with Gasteiger partial charge in [0.1, 0.15) is 0 Å². The molecule has 1 amide bonds. The lowest BCUT2D eigenvalue weighted by atomic mass is 9.93. The van der Waals surface area contributed by atoms with Crippen LogP contribution in [0.25, 0.3) is 0 Å². The third-order valence-corrected chi connectivity index (χ3v) is 5.39. The zero-order chi connectivity index (χ0) is 14.7. The van der Waals surface area contributed by atoms with E-state index < -0.39 is 0 Å². The molecule has 112 valence electrons. The molecule has 1 aliphatic rings. The van der Waals surface area contributed by atoms with E-state index in [2.05, 4.69) is 17.9 Å². The molecule has 6 heteroatoms. The van der Waals surface area contributed by atoms with Crippen LogP contribution in [0.3, 0.4) is 0 Å². The van der Waals surface area contributed by atoms with Crippen molar-refractivity contribution in [1.82, 2.24) is 4.90 Å². The SMILES string of the molecule is CCC(N)C(c1ccc(Cl)s1)N1CCC(C(N)=O)CC1. The fourth-order valence-electron chi connectivity index (χ4n) is 2.83. The van der Waals surface area contributed by atoms with Gasteiger partial charge in [-0.3, -0.25) is 9.69 Å². The number of amides is 1. The number of rotatable bonds is 5. The van der Waals surface area contributed by atoms with E-state index in [1.54, 1.807) is 11.3 Å². The van der Waals surface area contributed by atoms with Crippen LogP contribution in [-0.4, -0.2) is 29.9 Å². The Morgan fingerprint density at radius 2 is 2.15 bits per heavy atom. The molecule has 20 heavy (non-hydrogen) atoms. The van der Waals surface area contributed by atoms with Crippen molar-refractivity contribution in [2.24, 2.45) is 17.4 Å². The second-order valence-corrected chi connectivity index (χ2v) is 7.12. The average molecular weight is 316 g/mol. The van der Waals surface area contributed by atoms with Crippen molar-refractivity contribution < 1.29 is 4.79 Å². The maximum atomic E-state index is 11.3. The van der Waals surface area contributed by atoms with Crippen LogP contribution in [0.2, 0.25) is 4.34 Å². The Morgan fingerprint density at radius 3 is 2.60 bits per heavy atom. The minimum absolute atomic E-state index is 0.0108. The molecule has 4 N–H and O–H groups in total. The van der Waals surface area contributed by atoms with Gasteiger partial charge in [-0.2, -0.15) is 0 Å². The molecule has 1 saturated heterocycles. The number of thiophene rings is 1. The maximum absolute atomic E-state index is 11.3. The van der Waals surface area contributed by atoms with Crippen molar-refractivity contribution in [2.75, 3.05) is 13.1 Å². The van der Waals surface area contributed by atoms with E-state index in [9.17, 15) is 4.79 Å². The fourth-order valence-corrected chi connectivity index (χ4v) is 4.11. The Balaban J connectivity index is 2.11. The summed E-state index contributed by atoms with van der Waals surface area (Å²) in [5.41, 5.74) is 11.7. The van der Waals surface area contributed by atoms with Gasteiger partial charge in [-0.25, -0.2) is 0 Å². The van der Waals surface area contributed by atoms with Crippen LogP contribution in [0.5, 0.6) is 0 Å². The zero-order valence-electron chi connectivity index (χ0n) is 11.7. The summed E-state index contributed by atoms with van der Waals surface area (Å²) in [4.78, 5) is 14.8. The Kier molecular flexibility index (Phi) is 5.43. The van der Waals surface area contributed by atoms with E-state index in [-0.39, 0.29) is 23.9 Å². The molecule has 0 saturated carbocycles. The molecule has 0 radical (unpaired) electrons. The molecule has 2 unspecified atom stereocenters. The molecule has 2 heterocycles. The molecule has 1 aromatic rings. The van der Waals surface area contributed by atoms with Gasteiger partial charge in [-0.1, -0.05) is 18.5 Å².